The van der Waals surface area contributed by atoms with Gasteiger partial charge in [-0.1, -0.05) is 43.3 Å². The number of rotatable bonds is 6. The maximum absolute atomic E-state index is 13.5. The van der Waals surface area contributed by atoms with Crippen LogP contribution < -0.4 is 11.1 Å². The van der Waals surface area contributed by atoms with E-state index in [9.17, 15) is 22.9 Å². The molecule has 9 heteroatoms. The van der Waals surface area contributed by atoms with Crippen molar-refractivity contribution in [3.63, 3.8) is 0 Å². The fraction of sp³-hybridized carbons (Fsp3) is 0.200. The zero-order chi connectivity index (χ0) is 24.2. The summed E-state index contributed by atoms with van der Waals surface area (Å²) in [6.07, 6.45) is 1.70. The lowest BCUT2D eigenvalue weighted by molar-refractivity contribution is -0.405. The van der Waals surface area contributed by atoms with E-state index >= 15 is 0 Å². The molecule has 3 aromatic carbocycles. The van der Waals surface area contributed by atoms with E-state index in [4.69, 9.17) is 5.73 Å². The summed E-state index contributed by atoms with van der Waals surface area (Å²) in [4.78, 5) is 39.0. The largest absolute Gasteiger partial charge is 0.439 e. The molecule has 1 saturated carbocycles. The molecule has 0 heterocycles. The van der Waals surface area contributed by atoms with Crippen LogP contribution in [0.15, 0.2) is 59.5 Å². The van der Waals surface area contributed by atoms with Gasteiger partial charge in [-0.25, -0.2) is 0 Å². The van der Waals surface area contributed by atoms with Crippen LogP contribution in [0.1, 0.15) is 57.2 Å². The van der Waals surface area contributed by atoms with Crippen LogP contribution in [0.25, 0.3) is 0 Å². The highest BCUT2D eigenvalue weighted by atomic mass is 32.2. The third-order valence-corrected chi connectivity index (χ3v) is 7.84. The average Bonchev–Trinajstić information content (AvgIpc) is 3.68. The van der Waals surface area contributed by atoms with Crippen molar-refractivity contribution in [2.24, 2.45) is 0 Å². The molecular formula is C25H22N3O5S+. The third kappa shape index (κ3) is 3.40. The standard InChI is InChI=1S/C25H21N3O5S/c1-2-14-6-5-7-15(12-14)27-19-13-20(34(32,33)28(31)16-10-11-16)23(26)22-21(19)24(29)17-8-3-4-9-18(17)25(22)30/h3-9,12-13,16H,2,10-11H2,1H3,(H2-,26,27,29,30)/p+1. The number of nitroso groups, excluding NO2 is 1. The van der Waals surface area contributed by atoms with E-state index in [0.717, 1.165) is 12.0 Å². The second-order valence-electron chi connectivity index (χ2n) is 8.46. The molecule has 2 aliphatic rings. The molecule has 0 spiro atoms. The van der Waals surface area contributed by atoms with E-state index in [2.05, 4.69) is 5.32 Å². The zero-order valence-electron chi connectivity index (χ0n) is 18.4. The fourth-order valence-corrected chi connectivity index (χ4v) is 5.65. The molecular weight excluding hydrogens is 454 g/mol. The molecule has 3 aromatic rings. The van der Waals surface area contributed by atoms with Gasteiger partial charge in [0.15, 0.2) is 16.5 Å². The summed E-state index contributed by atoms with van der Waals surface area (Å²) in [6, 6.07) is 14.3. The van der Waals surface area contributed by atoms with Gasteiger partial charge in [-0.05, 0) is 30.2 Å². The first kappa shape index (κ1) is 22.0. The van der Waals surface area contributed by atoms with Crippen molar-refractivity contribution in [3.05, 3.63) is 87.3 Å². The molecule has 5 rings (SSSR count). The number of nitrogen functional groups attached to an aromatic ring is 1. The molecule has 34 heavy (non-hydrogen) atoms. The van der Waals surface area contributed by atoms with Crippen molar-refractivity contribution >= 4 is 38.7 Å². The van der Waals surface area contributed by atoms with Crippen LogP contribution in [0.5, 0.6) is 0 Å². The van der Waals surface area contributed by atoms with Crippen LogP contribution in [-0.4, -0.2) is 30.2 Å². The number of sulfonamides is 1. The Morgan fingerprint density at radius 1 is 0.971 bits per heavy atom. The Labute approximate surface area is 196 Å². The van der Waals surface area contributed by atoms with E-state index in [1.807, 2.05) is 25.1 Å². The number of fused-ring (bicyclic) bond motifs is 2. The lowest BCUT2D eigenvalue weighted by atomic mass is 9.82. The molecule has 8 nitrogen and oxygen atoms in total. The van der Waals surface area contributed by atoms with Crippen molar-refractivity contribution in [1.82, 2.24) is 0 Å². The number of anilines is 3. The van der Waals surface area contributed by atoms with Crippen molar-refractivity contribution in [1.29, 1.82) is 0 Å². The molecule has 2 aliphatic carbocycles. The van der Waals surface area contributed by atoms with Gasteiger partial charge in [0.25, 0.3) is 0 Å². The summed E-state index contributed by atoms with van der Waals surface area (Å²) in [6.45, 7) is 1.99. The molecule has 0 saturated heterocycles. The van der Waals surface area contributed by atoms with Crippen LogP contribution in [0.4, 0.5) is 17.1 Å². The number of nitrogens with zero attached hydrogens (tertiary/aromatic N) is 1. The highest BCUT2D eigenvalue weighted by Crippen LogP contribution is 2.41. The minimum Gasteiger partial charge on any atom is -0.397 e. The SMILES string of the molecule is CCc1cccc(Nc2cc(S(=O)(=O)[N+](=O)C3CC3)c(N)c3c2C(=O)c2ccccc2C3=O)c1. The van der Waals surface area contributed by atoms with E-state index in [-0.39, 0.29) is 32.1 Å². The number of aryl methyl sites for hydroxylation is 1. The molecule has 172 valence electrons. The van der Waals surface area contributed by atoms with Gasteiger partial charge < -0.3 is 11.1 Å². The Hall–Kier alpha value is -3.85. The first-order chi connectivity index (χ1) is 16.2. The predicted molar refractivity (Wildman–Crippen MR) is 127 cm³/mol. The average molecular weight is 477 g/mol. The van der Waals surface area contributed by atoms with Crippen LogP contribution in [-0.2, 0) is 16.4 Å². The Bertz CT molecular complexity index is 1510. The first-order valence-corrected chi connectivity index (χ1v) is 12.4. The fourth-order valence-electron chi connectivity index (χ4n) is 4.21. The summed E-state index contributed by atoms with van der Waals surface area (Å²) >= 11 is 0. The van der Waals surface area contributed by atoms with E-state index in [0.29, 0.717) is 18.5 Å². The van der Waals surface area contributed by atoms with Crippen molar-refractivity contribution in [2.75, 3.05) is 11.1 Å². The monoisotopic (exact) mass is 476 g/mol. The highest BCUT2D eigenvalue weighted by molar-refractivity contribution is 7.85. The third-order valence-electron chi connectivity index (χ3n) is 6.17. The van der Waals surface area contributed by atoms with Gasteiger partial charge in [0.1, 0.15) is 4.17 Å². The van der Waals surface area contributed by atoms with Crippen molar-refractivity contribution in [2.45, 2.75) is 37.1 Å². The minimum atomic E-state index is -4.54. The van der Waals surface area contributed by atoms with Gasteiger partial charge in [0.2, 0.25) is 6.04 Å². The quantitative estimate of drug-likeness (QED) is 0.318. The van der Waals surface area contributed by atoms with E-state index in [1.54, 1.807) is 24.3 Å². The lowest BCUT2D eigenvalue weighted by Gasteiger charge is -2.23. The maximum Gasteiger partial charge on any atom is 0.439 e. The smallest absolute Gasteiger partial charge is 0.397 e. The van der Waals surface area contributed by atoms with Gasteiger partial charge in [0.05, 0.1) is 22.5 Å². The summed E-state index contributed by atoms with van der Waals surface area (Å²) < 4.78 is 26.4. The van der Waals surface area contributed by atoms with Gasteiger partial charge in [-0.3, -0.25) is 9.59 Å². The molecule has 0 amide bonds. The molecule has 0 unspecified atom stereocenters. The second-order valence-corrected chi connectivity index (χ2v) is 10.2. The van der Waals surface area contributed by atoms with Gasteiger partial charge in [-0.15, -0.1) is 0 Å². The topological polar surface area (TPSA) is 126 Å². The van der Waals surface area contributed by atoms with E-state index < -0.39 is 38.2 Å². The molecule has 0 aliphatic heterocycles. The van der Waals surface area contributed by atoms with Crippen LogP contribution in [0.3, 0.4) is 0 Å². The van der Waals surface area contributed by atoms with Gasteiger partial charge >= 0.3 is 10.0 Å². The predicted octanol–water partition coefficient (Wildman–Crippen LogP) is 3.98. The Balaban J connectivity index is 1.76. The zero-order valence-corrected chi connectivity index (χ0v) is 19.2. The summed E-state index contributed by atoms with van der Waals surface area (Å²) in [5.74, 6) is -1.01. The molecule has 0 radical (unpaired) electrons. The number of carbonyl (C=O) groups is 2. The number of benzene rings is 3. The number of hydrogen-bond acceptors (Lipinski definition) is 7. The molecule has 0 bridgehead atoms. The van der Waals surface area contributed by atoms with Gasteiger partial charge in [-0.2, -0.15) is 8.42 Å². The molecule has 0 atom stereocenters. The normalized spacial score (nSPS) is 15.0. The minimum absolute atomic E-state index is 0.00841. The summed E-state index contributed by atoms with van der Waals surface area (Å²) in [5, 5.41) is 3.10. The second kappa shape index (κ2) is 7.88. The summed E-state index contributed by atoms with van der Waals surface area (Å²) in [7, 11) is -4.54. The Kier molecular flexibility index (Phi) is 5.09. The Morgan fingerprint density at radius 2 is 1.62 bits per heavy atom. The van der Waals surface area contributed by atoms with Crippen molar-refractivity contribution < 1.29 is 22.2 Å². The highest BCUT2D eigenvalue weighted by Gasteiger charge is 2.49. The molecule has 1 fully saturated rings. The van der Waals surface area contributed by atoms with E-state index in [1.165, 1.54) is 12.1 Å². The molecule has 0 aromatic heterocycles. The van der Waals surface area contributed by atoms with Crippen molar-refractivity contribution in [3.8, 4) is 0 Å². The van der Waals surface area contributed by atoms with Crippen LogP contribution >= 0.6 is 0 Å². The Morgan fingerprint density at radius 3 is 2.24 bits per heavy atom. The van der Waals surface area contributed by atoms with Crippen LogP contribution in [0.2, 0.25) is 0 Å². The summed E-state index contributed by atoms with van der Waals surface area (Å²) in [5.41, 5.74) is 7.70. The van der Waals surface area contributed by atoms with Crippen LogP contribution in [0, 0.1) is 4.91 Å². The first-order valence-electron chi connectivity index (χ1n) is 11.0. The lowest BCUT2D eigenvalue weighted by Crippen LogP contribution is -2.27. The number of carbonyl (C=O) groups excluding carboxylic acids is 2. The number of hydrogen-bond donors (Lipinski definition) is 2. The number of nitrogens with one attached hydrogen (secondary N) is 1. The molecule has 3 N–H and O–H groups in total. The number of nitrogens with two attached hydrogens (primary N) is 1. The maximum atomic E-state index is 13.5. The number of ketones is 2. The van der Waals surface area contributed by atoms with Gasteiger partial charge in [0, 0.05) is 34.6 Å².